The van der Waals surface area contributed by atoms with E-state index in [4.69, 9.17) is 5.73 Å². The summed E-state index contributed by atoms with van der Waals surface area (Å²) in [4.78, 5) is 11.1. The Morgan fingerprint density at radius 2 is 2.05 bits per heavy atom. The van der Waals surface area contributed by atoms with Gasteiger partial charge in [0.2, 0.25) is 5.91 Å². The van der Waals surface area contributed by atoms with E-state index in [0.29, 0.717) is 0 Å². The van der Waals surface area contributed by atoms with Crippen molar-refractivity contribution in [3.8, 4) is 0 Å². The molecule has 0 saturated heterocycles. The first-order chi connectivity index (χ1) is 9.12. The zero-order chi connectivity index (χ0) is 15.5. The van der Waals surface area contributed by atoms with Gasteiger partial charge in [0.1, 0.15) is 0 Å². The molecule has 0 aliphatic rings. The van der Waals surface area contributed by atoms with Crippen molar-refractivity contribution in [3.63, 3.8) is 0 Å². The van der Waals surface area contributed by atoms with Gasteiger partial charge in [0.15, 0.2) is 0 Å². The summed E-state index contributed by atoms with van der Waals surface area (Å²) < 4.78 is 38.8. The number of aliphatic hydroxyl groups is 1. The van der Waals surface area contributed by atoms with Gasteiger partial charge in [-0.3, -0.25) is 4.79 Å². The number of benzene rings is 1. The SMILES string of the molecule is CC(=O)Nc1c(C(O)CC(C)N)cccc1C(F)(F)F. The number of nitrogens with one attached hydrogen (secondary N) is 1. The summed E-state index contributed by atoms with van der Waals surface area (Å²) in [5.74, 6) is -0.643. The van der Waals surface area contributed by atoms with E-state index in [0.717, 1.165) is 13.0 Å². The van der Waals surface area contributed by atoms with Gasteiger partial charge in [-0.15, -0.1) is 0 Å². The molecule has 0 spiro atoms. The van der Waals surface area contributed by atoms with Crippen LogP contribution in [0.5, 0.6) is 0 Å². The highest BCUT2D eigenvalue weighted by Gasteiger charge is 2.35. The number of carbonyl (C=O) groups excluding carboxylic acids is 1. The van der Waals surface area contributed by atoms with E-state index < -0.39 is 29.4 Å². The Morgan fingerprint density at radius 3 is 2.50 bits per heavy atom. The smallest absolute Gasteiger partial charge is 0.388 e. The summed E-state index contributed by atoms with van der Waals surface area (Å²) >= 11 is 0. The molecule has 112 valence electrons. The molecule has 20 heavy (non-hydrogen) atoms. The number of aliphatic hydroxyl groups excluding tert-OH is 1. The minimum absolute atomic E-state index is 0.00678. The number of amides is 1. The number of nitrogens with two attached hydrogens (primary N) is 1. The van der Waals surface area contributed by atoms with Crippen molar-refractivity contribution in [2.75, 3.05) is 5.32 Å². The van der Waals surface area contributed by atoms with Crippen molar-refractivity contribution in [3.05, 3.63) is 29.3 Å². The third-order valence-corrected chi connectivity index (χ3v) is 2.66. The van der Waals surface area contributed by atoms with Crippen molar-refractivity contribution in [2.24, 2.45) is 5.73 Å². The van der Waals surface area contributed by atoms with Crippen LogP contribution in [-0.4, -0.2) is 17.1 Å². The zero-order valence-electron chi connectivity index (χ0n) is 11.2. The van der Waals surface area contributed by atoms with E-state index in [1.54, 1.807) is 6.92 Å². The molecule has 0 saturated carbocycles. The lowest BCUT2D eigenvalue weighted by atomic mass is 9.98. The summed E-state index contributed by atoms with van der Waals surface area (Å²) in [7, 11) is 0. The molecule has 4 nitrogen and oxygen atoms in total. The number of anilines is 1. The molecular weight excluding hydrogens is 273 g/mol. The van der Waals surface area contributed by atoms with E-state index in [9.17, 15) is 23.1 Å². The predicted molar refractivity (Wildman–Crippen MR) is 69.0 cm³/mol. The quantitative estimate of drug-likeness (QED) is 0.797. The fourth-order valence-corrected chi connectivity index (χ4v) is 1.88. The average Bonchev–Trinajstić information content (AvgIpc) is 2.25. The molecular formula is C13H17F3N2O2. The number of hydrogen-bond acceptors (Lipinski definition) is 3. The maximum atomic E-state index is 12.9. The summed E-state index contributed by atoms with van der Waals surface area (Å²) in [6.07, 6.45) is -5.71. The van der Waals surface area contributed by atoms with Crippen LogP contribution >= 0.6 is 0 Å². The number of para-hydroxylation sites is 1. The van der Waals surface area contributed by atoms with Gasteiger partial charge in [0.05, 0.1) is 17.4 Å². The number of carbonyl (C=O) groups is 1. The van der Waals surface area contributed by atoms with E-state index in [2.05, 4.69) is 5.32 Å². The largest absolute Gasteiger partial charge is 0.418 e. The second-order valence-electron chi connectivity index (χ2n) is 4.68. The van der Waals surface area contributed by atoms with Crippen LogP contribution in [0.15, 0.2) is 18.2 Å². The third-order valence-electron chi connectivity index (χ3n) is 2.66. The van der Waals surface area contributed by atoms with Crippen LogP contribution < -0.4 is 11.1 Å². The number of alkyl halides is 3. The highest BCUT2D eigenvalue weighted by molar-refractivity contribution is 5.90. The maximum absolute atomic E-state index is 12.9. The summed E-state index contributed by atoms with van der Waals surface area (Å²) in [6.45, 7) is 2.74. The normalized spacial score (nSPS) is 14.8. The van der Waals surface area contributed by atoms with E-state index in [1.165, 1.54) is 12.1 Å². The Balaban J connectivity index is 3.32. The fraction of sp³-hybridized carbons (Fsp3) is 0.462. The molecule has 2 atom stereocenters. The van der Waals surface area contributed by atoms with E-state index in [1.807, 2.05) is 0 Å². The molecule has 0 bridgehead atoms. The van der Waals surface area contributed by atoms with Crippen LogP contribution in [0.1, 0.15) is 37.5 Å². The lowest BCUT2D eigenvalue weighted by Gasteiger charge is -2.21. The van der Waals surface area contributed by atoms with Gasteiger partial charge in [0.25, 0.3) is 0 Å². The molecule has 1 rings (SSSR count). The molecule has 1 aromatic rings. The molecule has 0 aliphatic carbocycles. The summed E-state index contributed by atoms with van der Waals surface area (Å²) in [5.41, 5.74) is 4.14. The van der Waals surface area contributed by atoms with Crippen molar-refractivity contribution >= 4 is 11.6 Å². The molecule has 0 fully saturated rings. The molecule has 7 heteroatoms. The van der Waals surface area contributed by atoms with Crippen LogP contribution in [0.4, 0.5) is 18.9 Å². The molecule has 2 unspecified atom stereocenters. The monoisotopic (exact) mass is 290 g/mol. The summed E-state index contributed by atoms with van der Waals surface area (Å²) in [6, 6.07) is 3.00. The van der Waals surface area contributed by atoms with Gasteiger partial charge in [-0.2, -0.15) is 13.2 Å². The molecule has 1 aromatic carbocycles. The Kier molecular flexibility index (Phi) is 5.13. The summed E-state index contributed by atoms with van der Waals surface area (Å²) in [5, 5.41) is 12.1. The van der Waals surface area contributed by atoms with Crippen molar-refractivity contribution in [1.29, 1.82) is 0 Å². The fourth-order valence-electron chi connectivity index (χ4n) is 1.88. The minimum Gasteiger partial charge on any atom is -0.388 e. The highest BCUT2D eigenvalue weighted by atomic mass is 19.4. The second kappa shape index (κ2) is 6.23. The van der Waals surface area contributed by atoms with Crippen LogP contribution in [0.25, 0.3) is 0 Å². The standard InChI is InChI=1S/C13H17F3N2O2/c1-7(17)6-11(20)9-4-3-5-10(13(14,15)16)12(9)18-8(2)19/h3-5,7,11,20H,6,17H2,1-2H3,(H,18,19). The van der Waals surface area contributed by atoms with Crippen LogP contribution in [0, 0.1) is 0 Å². The van der Waals surface area contributed by atoms with Crippen LogP contribution in [0.2, 0.25) is 0 Å². The van der Waals surface area contributed by atoms with Crippen LogP contribution in [-0.2, 0) is 11.0 Å². The lowest BCUT2D eigenvalue weighted by Crippen LogP contribution is -2.21. The minimum atomic E-state index is -4.62. The second-order valence-corrected chi connectivity index (χ2v) is 4.68. The third kappa shape index (κ3) is 4.21. The first-order valence-corrected chi connectivity index (χ1v) is 6.04. The predicted octanol–water partition coefficient (Wildman–Crippen LogP) is 2.43. The number of hydrogen-bond donors (Lipinski definition) is 3. The van der Waals surface area contributed by atoms with Crippen molar-refractivity contribution < 1.29 is 23.1 Å². The Labute approximate surface area is 114 Å². The molecule has 4 N–H and O–H groups in total. The molecule has 1 amide bonds. The topological polar surface area (TPSA) is 75.3 Å². The van der Waals surface area contributed by atoms with Gasteiger partial charge in [-0.05, 0) is 19.4 Å². The Morgan fingerprint density at radius 1 is 1.45 bits per heavy atom. The first-order valence-electron chi connectivity index (χ1n) is 6.04. The number of rotatable bonds is 4. The van der Waals surface area contributed by atoms with Gasteiger partial charge in [-0.25, -0.2) is 0 Å². The van der Waals surface area contributed by atoms with Gasteiger partial charge < -0.3 is 16.2 Å². The molecule has 0 aromatic heterocycles. The van der Waals surface area contributed by atoms with Gasteiger partial charge in [-0.1, -0.05) is 12.1 Å². The molecule has 0 radical (unpaired) electrons. The maximum Gasteiger partial charge on any atom is 0.418 e. The Hall–Kier alpha value is -1.60. The van der Waals surface area contributed by atoms with Crippen molar-refractivity contribution in [1.82, 2.24) is 0 Å². The molecule has 0 heterocycles. The van der Waals surface area contributed by atoms with E-state index >= 15 is 0 Å². The van der Waals surface area contributed by atoms with Crippen LogP contribution in [0.3, 0.4) is 0 Å². The Bertz CT molecular complexity index is 487. The number of halogens is 3. The highest BCUT2D eigenvalue weighted by Crippen LogP contribution is 2.39. The first kappa shape index (κ1) is 16.5. The lowest BCUT2D eigenvalue weighted by molar-refractivity contribution is -0.137. The molecule has 0 aliphatic heterocycles. The van der Waals surface area contributed by atoms with Gasteiger partial charge >= 0.3 is 6.18 Å². The average molecular weight is 290 g/mol. The zero-order valence-corrected chi connectivity index (χ0v) is 11.2. The van der Waals surface area contributed by atoms with Crippen molar-refractivity contribution in [2.45, 2.75) is 38.6 Å². The van der Waals surface area contributed by atoms with E-state index in [-0.39, 0.29) is 18.0 Å². The van der Waals surface area contributed by atoms with Gasteiger partial charge in [0, 0.05) is 18.5 Å².